The first-order chi connectivity index (χ1) is 7.02. The lowest BCUT2D eigenvalue weighted by Crippen LogP contribution is -1.94. The van der Waals surface area contributed by atoms with Gasteiger partial charge in [-0.05, 0) is 31.0 Å². The molecule has 15 heavy (non-hydrogen) atoms. The van der Waals surface area contributed by atoms with Crippen LogP contribution in [0, 0.1) is 31.3 Å². The van der Waals surface area contributed by atoms with Gasteiger partial charge in [-0.15, -0.1) is 0 Å². The number of aryl methyl sites for hydroxylation is 2. The number of fused-ring (bicyclic) bond motifs is 1. The summed E-state index contributed by atoms with van der Waals surface area (Å²) in [6.45, 7) is 2.97. The number of rotatable bonds is 0. The maximum Gasteiger partial charge on any atom is 0.136 e. The van der Waals surface area contributed by atoms with Crippen molar-refractivity contribution in [2.24, 2.45) is 0 Å². The molecule has 78 valence electrons. The lowest BCUT2D eigenvalue weighted by atomic mass is 10.0. The molecule has 2 rings (SSSR count). The van der Waals surface area contributed by atoms with E-state index in [9.17, 15) is 13.2 Å². The van der Waals surface area contributed by atoms with E-state index in [-0.39, 0.29) is 16.3 Å². The Morgan fingerprint density at radius 1 is 0.867 bits per heavy atom. The van der Waals surface area contributed by atoms with Crippen molar-refractivity contribution >= 4 is 10.8 Å². The SMILES string of the molecule is Cc1cc(F)c2c(F)c(C)ccc2c1F. The molecule has 0 unspecified atom stereocenters. The molecule has 0 N–H and O–H groups in total. The van der Waals surface area contributed by atoms with E-state index in [4.69, 9.17) is 0 Å². The normalized spacial score (nSPS) is 11.0. The molecule has 0 aliphatic rings. The summed E-state index contributed by atoms with van der Waals surface area (Å²) in [5, 5.41) is -0.270. The molecule has 0 spiro atoms. The van der Waals surface area contributed by atoms with Gasteiger partial charge in [0.15, 0.2) is 0 Å². The Kier molecular flexibility index (Phi) is 2.18. The van der Waals surface area contributed by atoms with Crippen LogP contribution in [0.5, 0.6) is 0 Å². The number of hydrogen-bond donors (Lipinski definition) is 0. The minimum atomic E-state index is -0.718. The highest BCUT2D eigenvalue weighted by Crippen LogP contribution is 2.27. The van der Waals surface area contributed by atoms with Crippen molar-refractivity contribution in [1.82, 2.24) is 0 Å². The molecule has 0 saturated carbocycles. The van der Waals surface area contributed by atoms with E-state index in [1.807, 2.05) is 0 Å². The quantitative estimate of drug-likeness (QED) is 0.619. The van der Waals surface area contributed by atoms with Gasteiger partial charge in [0, 0.05) is 5.39 Å². The summed E-state index contributed by atoms with van der Waals surface area (Å²) in [5.74, 6) is -1.97. The highest BCUT2D eigenvalue weighted by Gasteiger charge is 2.14. The predicted octanol–water partition coefficient (Wildman–Crippen LogP) is 3.87. The molecular weight excluding hydrogens is 201 g/mol. The van der Waals surface area contributed by atoms with E-state index >= 15 is 0 Å². The van der Waals surface area contributed by atoms with Gasteiger partial charge in [-0.1, -0.05) is 12.1 Å². The average molecular weight is 210 g/mol. The fraction of sp³-hybridized carbons (Fsp3) is 0.167. The first kappa shape index (κ1) is 10.0. The summed E-state index contributed by atoms with van der Waals surface area (Å²) in [7, 11) is 0. The third-order valence-corrected chi connectivity index (χ3v) is 2.50. The maximum atomic E-state index is 13.6. The zero-order chi connectivity index (χ0) is 11.2. The van der Waals surface area contributed by atoms with E-state index in [1.54, 1.807) is 0 Å². The molecule has 0 amide bonds. The van der Waals surface area contributed by atoms with Crippen LogP contribution in [0.2, 0.25) is 0 Å². The van der Waals surface area contributed by atoms with Crippen LogP contribution >= 0.6 is 0 Å². The van der Waals surface area contributed by atoms with Crippen LogP contribution in [0.25, 0.3) is 10.8 Å². The summed E-state index contributed by atoms with van der Waals surface area (Å²) in [6.07, 6.45) is 0. The van der Waals surface area contributed by atoms with Crippen LogP contribution in [0.3, 0.4) is 0 Å². The van der Waals surface area contributed by atoms with Crippen molar-refractivity contribution in [1.29, 1.82) is 0 Å². The second kappa shape index (κ2) is 3.26. The van der Waals surface area contributed by atoms with Gasteiger partial charge in [-0.25, -0.2) is 13.2 Å². The van der Waals surface area contributed by atoms with Crippen LogP contribution in [0.15, 0.2) is 18.2 Å². The molecule has 0 aliphatic heterocycles. The molecule has 2 aromatic rings. The fourth-order valence-corrected chi connectivity index (χ4v) is 1.63. The molecule has 0 heterocycles. The molecule has 0 aliphatic carbocycles. The van der Waals surface area contributed by atoms with E-state index in [1.165, 1.54) is 26.0 Å². The topological polar surface area (TPSA) is 0 Å². The van der Waals surface area contributed by atoms with Gasteiger partial charge in [-0.3, -0.25) is 0 Å². The molecule has 0 saturated heterocycles. The van der Waals surface area contributed by atoms with Crippen LogP contribution in [-0.4, -0.2) is 0 Å². The minimum Gasteiger partial charge on any atom is -0.206 e. The van der Waals surface area contributed by atoms with Crippen molar-refractivity contribution in [3.63, 3.8) is 0 Å². The van der Waals surface area contributed by atoms with E-state index in [2.05, 4.69) is 0 Å². The third kappa shape index (κ3) is 1.39. The zero-order valence-corrected chi connectivity index (χ0v) is 8.37. The van der Waals surface area contributed by atoms with Crippen LogP contribution < -0.4 is 0 Å². The summed E-state index contributed by atoms with van der Waals surface area (Å²) < 4.78 is 40.6. The van der Waals surface area contributed by atoms with Gasteiger partial charge < -0.3 is 0 Å². The van der Waals surface area contributed by atoms with Gasteiger partial charge >= 0.3 is 0 Å². The van der Waals surface area contributed by atoms with Gasteiger partial charge in [0.1, 0.15) is 17.5 Å². The molecule has 2 aromatic carbocycles. The average Bonchev–Trinajstić information content (AvgIpc) is 2.18. The van der Waals surface area contributed by atoms with Crippen LogP contribution in [0.1, 0.15) is 11.1 Å². The molecule has 0 radical (unpaired) electrons. The number of hydrogen-bond acceptors (Lipinski definition) is 0. The lowest BCUT2D eigenvalue weighted by Gasteiger charge is -2.07. The summed E-state index contributed by atoms with van der Waals surface area (Å²) in [4.78, 5) is 0. The van der Waals surface area contributed by atoms with Crippen molar-refractivity contribution < 1.29 is 13.2 Å². The Labute approximate surface area is 85.3 Å². The first-order valence-corrected chi connectivity index (χ1v) is 4.55. The van der Waals surface area contributed by atoms with E-state index < -0.39 is 17.5 Å². The van der Waals surface area contributed by atoms with E-state index in [0.717, 1.165) is 6.07 Å². The fourth-order valence-electron chi connectivity index (χ4n) is 1.63. The Morgan fingerprint density at radius 2 is 1.53 bits per heavy atom. The monoisotopic (exact) mass is 210 g/mol. The standard InChI is InChI=1S/C12H9F3/c1-6-3-4-8-10(12(6)15)9(13)5-7(2)11(8)14/h3-5H,1-2H3. The Hall–Kier alpha value is -1.51. The predicted molar refractivity (Wildman–Crippen MR) is 53.3 cm³/mol. The third-order valence-electron chi connectivity index (χ3n) is 2.50. The largest absolute Gasteiger partial charge is 0.206 e. The van der Waals surface area contributed by atoms with Gasteiger partial charge in [-0.2, -0.15) is 0 Å². The molecule has 0 nitrogen and oxygen atoms in total. The molecule has 0 aromatic heterocycles. The smallest absolute Gasteiger partial charge is 0.136 e. The van der Waals surface area contributed by atoms with Gasteiger partial charge in [0.25, 0.3) is 0 Å². The Balaban J connectivity index is 3.03. The minimum absolute atomic E-state index is 0.00407. The second-order valence-electron chi connectivity index (χ2n) is 3.61. The van der Waals surface area contributed by atoms with Crippen molar-refractivity contribution in [2.45, 2.75) is 13.8 Å². The summed E-state index contributed by atoms with van der Waals surface area (Å²) in [6, 6.07) is 3.86. The summed E-state index contributed by atoms with van der Waals surface area (Å²) >= 11 is 0. The number of benzene rings is 2. The second-order valence-corrected chi connectivity index (χ2v) is 3.61. The van der Waals surface area contributed by atoms with Gasteiger partial charge in [0.05, 0.1) is 5.39 Å². The molecule has 0 bridgehead atoms. The number of halogens is 3. The van der Waals surface area contributed by atoms with Crippen LogP contribution in [-0.2, 0) is 0 Å². The first-order valence-electron chi connectivity index (χ1n) is 4.55. The lowest BCUT2D eigenvalue weighted by molar-refractivity contribution is 0.589. The van der Waals surface area contributed by atoms with Crippen molar-refractivity contribution in [3.8, 4) is 0 Å². The van der Waals surface area contributed by atoms with Crippen molar-refractivity contribution in [2.75, 3.05) is 0 Å². The Bertz CT molecular complexity index is 544. The highest BCUT2D eigenvalue weighted by atomic mass is 19.1. The summed E-state index contributed by atoms with van der Waals surface area (Å²) in [5.41, 5.74) is 0.493. The molecule has 0 atom stereocenters. The van der Waals surface area contributed by atoms with Gasteiger partial charge in [0.2, 0.25) is 0 Å². The molecule has 3 heteroatoms. The zero-order valence-electron chi connectivity index (χ0n) is 8.37. The Morgan fingerprint density at radius 3 is 2.20 bits per heavy atom. The molecular formula is C12H9F3. The maximum absolute atomic E-state index is 13.6. The molecule has 0 fully saturated rings. The van der Waals surface area contributed by atoms with Crippen LogP contribution in [0.4, 0.5) is 13.2 Å². The highest BCUT2D eigenvalue weighted by molar-refractivity contribution is 5.85. The van der Waals surface area contributed by atoms with E-state index in [0.29, 0.717) is 5.56 Å². The van der Waals surface area contributed by atoms with Crippen molar-refractivity contribution in [3.05, 3.63) is 46.8 Å².